The summed E-state index contributed by atoms with van der Waals surface area (Å²) in [6.07, 6.45) is 0. The van der Waals surface area contributed by atoms with Gasteiger partial charge >= 0.3 is 0 Å². The molecule has 0 aromatic heterocycles. The second kappa shape index (κ2) is 10.9. The van der Waals surface area contributed by atoms with Gasteiger partial charge in [0.1, 0.15) is 5.75 Å². The van der Waals surface area contributed by atoms with E-state index in [4.69, 9.17) is 14.2 Å². The maximum Gasteiger partial charge on any atom is 0.278 e. The van der Waals surface area contributed by atoms with Crippen molar-refractivity contribution >= 4 is 11.6 Å². The van der Waals surface area contributed by atoms with Crippen LogP contribution >= 0.6 is 0 Å². The molecule has 0 spiro atoms. The van der Waals surface area contributed by atoms with Crippen molar-refractivity contribution in [1.82, 2.24) is 4.90 Å². The highest BCUT2D eigenvalue weighted by Crippen LogP contribution is 2.28. The van der Waals surface area contributed by atoms with Crippen LogP contribution < -0.4 is 24.0 Å². The van der Waals surface area contributed by atoms with E-state index in [1.807, 2.05) is 42.2 Å². The lowest BCUT2D eigenvalue weighted by atomic mass is 10.2. The quantitative estimate of drug-likeness (QED) is 0.656. The number of nitrogens with one attached hydrogen (secondary N) is 1. The van der Waals surface area contributed by atoms with Crippen molar-refractivity contribution in [1.29, 1.82) is 0 Å². The minimum absolute atomic E-state index is 0.183. The van der Waals surface area contributed by atoms with Crippen LogP contribution in [0.1, 0.15) is 12.5 Å². The van der Waals surface area contributed by atoms with Crippen molar-refractivity contribution in [2.45, 2.75) is 13.5 Å². The lowest BCUT2D eigenvalue weighted by molar-refractivity contribution is -0.892. The minimum atomic E-state index is 0.183. The first-order chi connectivity index (χ1) is 15.1. The zero-order chi connectivity index (χ0) is 22.2. The molecule has 1 N–H and O–H groups in total. The Kier molecular flexibility index (Phi) is 8.00. The van der Waals surface area contributed by atoms with Crippen molar-refractivity contribution < 1.29 is 23.9 Å². The Bertz CT molecular complexity index is 866. The third-order valence-corrected chi connectivity index (χ3v) is 5.85. The number of likely N-dealkylation sites (N-methyl/N-ethyl adjacent to an activating group) is 1. The summed E-state index contributed by atoms with van der Waals surface area (Å²) >= 11 is 0. The van der Waals surface area contributed by atoms with E-state index >= 15 is 0 Å². The zero-order valence-electron chi connectivity index (χ0n) is 19.0. The Hall–Kier alpha value is -2.93. The van der Waals surface area contributed by atoms with Gasteiger partial charge in [0.05, 0.1) is 47.5 Å². The van der Waals surface area contributed by atoms with Gasteiger partial charge < -0.3 is 28.9 Å². The van der Waals surface area contributed by atoms with Crippen LogP contribution in [-0.2, 0) is 11.3 Å². The van der Waals surface area contributed by atoms with Crippen LogP contribution in [0.25, 0.3) is 0 Å². The fraction of sp³-hybridized carbons (Fsp3) is 0.458. The van der Waals surface area contributed by atoms with Crippen LogP contribution in [0.2, 0.25) is 0 Å². The number of hydrogen-bond donors (Lipinski definition) is 1. The summed E-state index contributed by atoms with van der Waals surface area (Å²) in [6.45, 7) is 7.53. The van der Waals surface area contributed by atoms with E-state index in [1.54, 1.807) is 21.3 Å². The lowest BCUT2D eigenvalue weighted by Crippen LogP contribution is -3.15. The van der Waals surface area contributed by atoms with E-state index in [-0.39, 0.29) is 5.91 Å². The zero-order valence-corrected chi connectivity index (χ0v) is 19.0. The number of benzene rings is 2. The standard InChI is InChI=1S/C24H33N3O4/c1-5-26(17-19-9-10-22(30-3)23(15-19)31-4)24(28)18-25-11-13-27(14-12-25)20-7-6-8-21(16-20)29-2/h6-10,15-16H,5,11-14,17-18H2,1-4H3/p+1. The minimum Gasteiger partial charge on any atom is -0.497 e. The van der Waals surface area contributed by atoms with Gasteiger partial charge in [-0.1, -0.05) is 12.1 Å². The summed E-state index contributed by atoms with van der Waals surface area (Å²) in [5.74, 6) is 2.43. The molecule has 1 heterocycles. The number of nitrogens with zero attached hydrogens (tertiary/aromatic N) is 2. The number of ether oxygens (including phenoxy) is 3. The smallest absolute Gasteiger partial charge is 0.278 e. The van der Waals surface area contributed by atoms with E-state index in [0.717, 1.165) is 37.5 Å². The molecule has 0 radical (unpaired) electrons. The first kappa shape index (κ1) is 22.7. The Morgan fingerprint density at radius 1 is 1.00 bits per heavy atom. The summed E-state index contributed by atoms with van der Waals surface area (Å²) in [5, 5.41) is 0. The third kappa shape index (κ3) is 5.82. The highest BCUT2D eigenvalue weighted by atomic mass is 16.5. The van der Waals surface area contributed by atoms with E-state index in [9.17, 15) is 4.79 Å². The normalized spacial score (nSPS) is 14.3. The van der Waals surface area contributed by atoms with Crippen molar-refractivity contribution in [3.05, 3.63) is 48.0 Å². The lowest BCUT2D eigenvalue weighted by Gasteiger charge is -2.34. The van der Waals surface area contributed by atoms with E-state index < -0.39 is 0 Å². The van der Waals surface area contributed by atoms with Gasteiger partial charge in [-0.3, -0.25) is 4.79 Å². The Morgan fingerprint density at radius 3 is 2.39 bits per heavy atom. The molecule has 1 saturated heterocycles. The molecule has 1 amide bonds. The molecule has 0 bridgehead atoms. The summed E-state index contributed by atoms with van der Waals surface area (Å²) in [6, 6.07) is 14.0. The highest BCUT2D eigenvalue weighted by Gasteiger charge is 2.25. The van der Waals surface area contributed by atoms with Gasteiger partial charge in [-0.2, -0.15) is 0 Å². The van der Waals surface area contributed by atoms with Crippen molar-refractivity contribution in [3.63, 3.8) is 0 Å². The maximum absolute atomic E-state index is 13.0. The number of rotatable bonds is 9. The molecular formula is C24H34N3O4+. The van der Waals surface area contributed by atoms with Gasteiger partial charge in [-0.15, -0.1) is 0 Å². The second-order valence-electron chi connectivity index (χ2n) is 7.71. The Morgan fingerprint density at radius 2 is 1.74 bits per heavy atom. The molecule has 1 fully saturated rings. The molecule has 1 aliphatic rings. The molecule has 31 heavy (non-hydrogen) atoms. The number of quaternary nitrogens is 1. The molecule has 168 valence electrons. The van der Waals surface area contributed by atoms with Crippen molar-refractivity contribution in [2.24, 2.45) is 0 Å². The molecule has 1 aliphatic heterocycles. The van der Waals surface area contributed by atoms with Gasteiger partial charge in [0.2, 0.25) is 0 Å². The van der Waals surface area contributed by atoms with Gasteiger partial charge in [0, 0.05) is 24.8 Å². The SMILES string of the molecule is CCN(Cc1ccc(OC)c(OC)c1)C(=O)C[NH+]1CCN(c2cccc(OC)c2)CC1. The predicted molar refractivity (Wildman–Crippen MR) is 121 cm³/mol. The first-order valence-electron chi connectivity index (χ1n) is 10.8. The first-order valence-corrected chi connectivity index (χ1v) is 10.8. The topological polar surface area (TPSA) is 55.7 Å². The number of hydrogen-bond acceptors (Lipinski definition) is 5. The van der Waals surface area contributed by atoms with Crippen LogP contribution in [0.15, 0.2) is 42.5 Å². The molecule has 2 aromatic carbocycles. The fourth-order valence-corrected chi connectivity index (χ4v) is 3.97. The van der Waals surface area contributed by atoms with E-state index in [1.165, 1.54) is 10.6 Å². The van der Waals surface area contributed by atoms with E-state index in [2.05, 4.69) is 17.0 Å². The Labute approximate surface area is 185 Å². The second-order valence-corrected chi connectivity index (χ2v) is 7.71. The van der Waals surface area contributed by atoms with Crippen molar-refractivity contribution in [3.8, 4) is 17.2 Å². The number of anilines is 1. The van der Waals surface area contributed by atoms with Crippen LogP contribution in [0.4, 0.5) is 5.69 Å². The average Bonchev–Trinajstić information content (AvgIpc) is 2.82. The van der Waals surface area contributed by atoms with Gasteiger partial charge in [-0.25, -0.2) is 0 Å². The van der Waals surface area contributed by atoms with E-state index in [0.29, 0.717) is 31.1 Å². The van der Waals surface area contributed by atoms with Gasteiger partial charge in [0.25, 0.3) is 5.91 Å². The van der Waals surface area contributed by atoms with Crippen LogP contribution in [0.5, 0.6) is 17.2 Å². The summed E-state index contributed by atoms with van der Waals surface area (Å²) in [7, 11) is 4.93. The molecule has 7 nitrogen and oxygen atoms in total. The number of piperazine rings is 1. The number of carbonyl (C=O) groups is 1. The third-order valence-electron chi connectivity index (χ3n) is 5.85. The van der Waals surface area contributed by atoms with Crippen LogP contribution in [0, 0.1) is 0 Å². The largest absolute Gasteiger partial charge is 0.497 e. The molecule has 0 atom stereocenters. The molecule has 0 unspecified atom stereocenters. The van der Waals surface area contributed by atoms with Crippen LogP contribution in [0.3, 0.4) is 0 Å². The number of methoxy groups -OCH3 is 3. The summed E-state index contributed by atoms with van der Waals surface area (Å²) in [5.41, 5.74) is 2.21. The molecule has 0 aliphatic carbocycles. The summed E-state index contributed by atoms with van der Waals surface area (Å²) in [4.78, 5) is 18.6. The Balaban J connectivity index is 1.54. The highest BCUT2D eigenvalue weighted by molar-refractivity contribution is 5.77. The average molecular weight is 429 g/mol. The molecule has 7 heteroatoms. The van der Waals surface area contributed by atoms with Gasteiger partial charge in [-0.05, 0) is 36.8 Å². The van der Waals surface area contributed by atoms with Crippen molar-refractivity contribution in [2.75, 3.05) is 65.5 Å². The molecular weight excluding hydrogens is 394 g/mol. The summed E-state index contributed by atoms with van der Waals surface area (Å²) < 4.78 is 16.0. The maximum atomic E-state index is 13.0. The molecule has 3 rings (SSSR count). The molecule has 2 aromatic rings. The number of amides is 1. The number of carbonyl (C=O) groups excluding carboxylic acids is 1. The fourth-order valence-electron chi connectivity index (χ4n) is 3.97. The van der Waals surface area contributed by atoms with Gasteiger partial charge in [0.15, 0.2) is 18.0 Å². The predicted octanol–water partition coefficient (Wildman–Crippen LogP) is 1.47. The van der Waals surface area contributed by atoms with Crippen LogP contribution in [-0.4, -0.2) is 71.4 Å². The monoisotopic (exact) mass is 428 g/mol. The molecule has 0 saturated carbocycles.